The summed E-state index contributed by atoms with van der Waals surface area (Å²) in [6.45, 7) is 11.0. The van der Waals surface area contributed by atoms with Crippen molar-refractivity contribution >= 4 is 30.1 Å². The van der Waals surface area contributed by atoms with Crippen molar-refractivity contribution in [3.63, 3.8) is 0 Å². The van der Waals surface area contributed by atoms with Crippen molar-refractivity contribution in [2.75, 3.05) is 19.0 Å². The van der Waals surface area contributed by atoms with Gasteiger partial charge < -0.3 is 18.8 Å². The van der Waals surface area contributed by atoms with E-state index in [1.807, 2.05) is 52.0 Å². The van der Waals surface area contributed by atoms with Gasteiger partial charge >= 0.3 is 7.12 Å². The zero-order valence-corrected chi connectivity index (χ0v) is 17.5. The lowest BCUT2D eigenvalue weighted by Gasteiger charge is -2.32. The molecule has 0 amide bonds. The molecule has 0 atom stereocenters. The summed E-state index contributed by atoms with van der Waals surface area (Å²) >= 11 is 1.25. The smallest absolute Gasteiger partial charge is 0.490 e. The average molecular weight is 390 g/mol. The molecule has 2 aliphatic heterocycles. The summed E-state index contributed by atoms with van der Waals surface area (Å²) in [7, 11) is -0.488. The van der Waals surface area contributed by atoms with Gasteiger partial charge in [-0.3, -0.25) is 4.79 Å². The van der Waals surface area contributed by atoms with Crippen LogP contribution in [0, 0.1) is 0 Å². The van der Waals surface area contributed by atoms with Gasteiger partial charge in [0.05, 0.1) is 24.4 Å². The van der Waals surface area contributed by atoms with Crippen LogP contribution in [0.3, 0.4) is 0 Å². The zero-order valence-electron chi connectivity index (χ0n) is 16.7. The molecule has 7 heteroatoms. The number of ether oxygens (including phenoxy) is 2. The van der Waals surface area contributed by atoms with Gasteiger partial charge in [-0.25, -0.2) is 0 Å². The van der Waals surface area contributed by atoms with Gasteiger partial charge in [0.15, 0.2) is 16.6 Å². The minimum absolute atomic E-state index is 0.0658. The highest BCUT2D eigenvalue weighted by molar-refractivity contribution is 8.13. The van der Waals surface area contributed by atoms with Crippen LogP contribution in [0.5, 0.6) is 11.5 Å². The van der Waals surface area contributed by atoms with Crippen LogP contribution in [0.15, 0.2) is 23.7 Å². The number of benzene rings is 1. The molecule has 1 aromatic rings. The summed E-state index contributed by atoms with van der Waals surface area (Å²) in [5.74, 6) is 2.02. The van der Waals surface area contributed by atoms with Crippen molar-refractivity contribution in [1.29, 1.82) is 0 Å². The van der Waals surface area contributed by atoms with Crippen LogP contribution in [-0.4, -0.2) is 42.4 Å². The largest absolute Gasteiger partial charge is 0.491 e. The second-order valence-corrected chi connectivity index (χ2v) is 9.00. The fourth-order valence-electron chi connectivity index (χ4n) is 2.84. The van der Waals surface area contributed by atoms with Gasteiger partial charge in [-0.1, -0.05) is 23.9 Å². The van der Waals surface area contributed by atoms with E-state index in [-0.39, 0.29) is 5.12 Å². The molecule has 3 rings (SSSR count). The third kappa shape index (κ3) is 4.70. The molecule has 1 fully saturated rings. The summed E-state index contributed by atoms with van der Waals surface area (Å²) in [4.78, 5) is 11.5. The molecule has 0 N–H and O–H groups in total. The Morgan fingerprint density at radius 1 is 1.11 bits per heavy atom. The molecule has 0 aromatic heterocycles. The summed E-state index contributed by atoms with van der Waals surface area (Å²) in [5, 5.41) is 0.0658. The van der Waals surface area contributed by atoms with E-state index in [0.717, 1.165) is 29.0 Å². The van der Waals surface area contributed by atoms with Crippen LogP contribution in [0.4, 0.5) is 0 Å². The number of carbonyl (C=O) groups is 1. The van der Waals surface area contributed by atoms with Crippen LogP contribution in [0.2, 0.25) is 0 Å². The Kier molecular flexibility index (Phi) is 5.94. The van der Waals surface area contributed by atoms with Crippen molar-refractivity contribution in [2.24, 2.45) is 0 Å². The maximum atomic E-state index is 11.5. The minimum atomic E-state index is -0.488. The monoisotopic (exact) mass is 390 g/mol. The van der Waals surface area contributed by atoms with E-state index >= 15 is 0 Å². The topological polar surface area (TPSA) is 54.0 Å². The van der Waals surface area contributed by atoms with Crippen molar-refractivity contribution in [3.05, 3.63) is 29.2 Å². The molecule has 0 radical (unpaired) electrons. The normalized spacial score (nSPS) is 21.1. The molecule has 5 nitrogen and oxygen atoms in total. The molecular formula is C20H27BO5S. The first kappa shape index (κ1) is 20.3. The van der Waals surface area contributed by atoms with E-state index in [4.69, 9.17) is 18.8 Å². The van der Waals surface area contributed by atoms with Gasteiger partial charge in [0.1, 0.15) is 0 Å². The van der Waals surface area contributed by atoms with Crippen molar-refractivity contribution < 1.29 is 23.6 Å². The van der Waals surface area contributed by atoms with Gasteiger partial charge in [0.25, 0.3) is 0 Å². The standard InChI is InChI=1S/C20H27BO5S/c1-14(22)27-13-16(21-25-19(2,3)20(4,5)26-21)11-15-7-8-17-18(12-15)24-10-6-9-23-17/h7-8,11-12H,6,9-10,13H2,1-5H3. The maximum absolute atomic E-state index is 11.5. The first-order valence-electron chi connectivity index (χ1n) is 9.27. The Morgan fingerprint density at radius 2 is 1.74 bits per heavy atom. The molecule has 0 spiro atoms. The lowest BCUT2D eigenvalue weighted by atomic mass is 9.78. The van der Waals surface area contributed by atoms with E-state index in [0.29, 0.717) is 19.0 Å². The highest BCUT2D eigenvalue weighted by Crippen LogP contribution is 2.40. The van der Waals surface area contributed by atoms with Gasteiger partial charge in [-0.15, -0.1) is 0 Å². The summed E-state index contributed by atoms with van der Waals surface area (Å²) in [6, 6.07) is 5.87. The van der Waals surface area contributed by atoms with E-state index < -0.39 is 18.3 Å². The summed E-state index contributed by atoms with van der Waals surface area (Å²) < 4.78 is 23.9. The molecule has 0 aliphatic carbocycles. The number of thioether (sulfide) groups is 1. The van der Waals surface area contributed by atoms with Crippen LogP contribution in [0.25, 0.3) is 6.08 Å². The Bertz CT molecular complexity index is 728. The number of fused-ring (bicyclic) bond motifs is 1. The molecule has 27 heavy (non-hydrogen) atoms. The molecular weight excluding hydrogens is 363 g/mol. The van der Waals surface area contributed by atoms with E-state index in [1.54, 1.807) is 6.92 Å². The Morgan fingerprint density at radius 3 is 2.37 bits per heavy atom. The van der Waals surface area contributed by atoms with Gasteiger partial charge in [-0.2, -0.15) is 0 Å². The molecule has 0 saturated carbocycles. The quantitative estimate of drug-likeness (QED) is 0.721. The summed E-state index contributed by atoms with van der Waals surface area (Å²) in [5.41, 5.74) is 1.03. The molecule has 2 heterocycles. The Labute approximate surface area is 165 Å². The zero-order chi connectivity index (χ0) is 19.7. The lowest BCUT2D eigenvalue weighted by Crippen LogP contribution is -2.41. The predicted octanol–water partition coefficient (Wildman–Crippen LogP) is 4.14. The molecule has 0 unspecified atom stereocenters. The minimum Gasteiger partial charge on any atom is -0.490 e. The molecule has 1 aromatic carbocycles. The van der Waals surface area contributed by atoms with E-state index in [2.05, 4.69) is 0 Å². The van der Waals surface area contributed by atoms with Crippen molar-refractivity contribution in [1.82, 2.24) is 0 Å². The Balaban J connectivity index is 1.89. The first-order valence-corrected chi connectivity index (χ1v) is 10.3. The lowest BCUT2D eigenvalue weighted by molar-refractivity contribution is -0.109. The van der Waals surface area contributed by atoms with Crippen LogP contribution >= 0.6 is 11.8 Å². The van der Waals surface area contributed by atoms with Crippen molar-refractivity contribution in [2.45, 2.75) is 52.2 Å². The Hall–Kier alpha value is -1.44. The van der Waals surface area contributed by atoms with Crippen molar-refractivity contribution in [3.8, 4) is 11.5 Å². The third-order valence-corrected chi connectivity index (χ3v) is 6.01. The van der Waals surface area contributed by atoms with Crippen LogP contribution < -0.4 is 9.47 Å². The highest BCUT2D eigenvalue weighted by atomic mass is 32.2. The van der Waals surface area contributed by atoms with Crippen LogP contribution in [-0.2, 0) is 14.1 Å². The average Bonchev–Trinajstić information content (AvgIpc) is 2.74. The summed E-state index contributed by atoms with van der Waals surface area (Å²) in [6.07, 6.45) is 2.89. The number of hydrogen-bond acceptors (Lipinski definition) is 6. The molecule has 2 aliphatic rings. The van der Waals surface area contributed by atoms with Gasteiger partial charge in [-0.05, 0) is 50.9 Å². The fourth-order valence-corrected chi connectivity index (χ4v) is 3.43. The molecule has 0 bridgehead atoms. The molecule has 146 valence electrons. The maximum Gasteiger partial charge on any atom is 0.491 e. The second kappa shape index (κ2) is 7.90. The fraction of sp³-hybridized carbons (Fsp3) is 0.550. The first-order chi connectivity index (χ1) is 12.7. The second-order valence-electron chi connectivity index (χ2n) is 7.84. The molecule has 1 saturated heterocycles. The van der Waals surface area contributed by atoms with Gasteiger partial charge in [0, 0.05) is 19.1 Å². The SMILES string of the molecule is CC(=O)SCC(=Cc1ccc2c(c1)OCCCO2)B1OC(C)(C)C(C)(C)O1. The number of rotatable bonds is 4. The predicted molar refractivity (Wildman–Crippen MR) is 109 cm³/mol. The number of carbonyl (C=O) groups excluding carboxylic acids is 1. The number of hydrogen-bond donors (Lipinski definition) is 0. The van der Waals surface area contributed by atoms with Gasteiger partial charge in [0.2, 0.25) is 0 Å². The third-order valence-electron chi connectivity index (χ3n) is 5.12. The highest BCUT2D eigenvalue weighted by Gasteiger charge is 2.52. The van der Waals surface area contributed by atoms with E-state index in [1.165, 1.54) is 11.8 Å². The van der Waals surface area contributed by atoms with E-state index in [9.17, 15) is 4.79 Å². The van der Waals surface area contributed by atoms with Crippen LogP contribution in [0.1, 0.15) is 46.6 Å².